The lowest BCUT2D eigenvalue weighted by molar-refractivity contribution is 0.00578. The van der Waals surface area contributed by atoms with Crippen LogP contribution in [0.5, 0.6) is 5.88 Å². The van der Waals surface area contributed by atoms with E-state index >= 15 is 0 Å². The highest BCUT2D eigenvalue weighted by Crippen LogP contribution is 2.36. The maximum absolute atomic E-state index is 6.10. The highest BCUT2D eigenvalue weighted by atomic mass is 16.7. The minimum Gasteiger partial charge on any atom is -0.474 e. The van der Waals surface area contributed by atoms with Crippen LogP contribution in [0, 0.1) is 6.92 Å². The topological polar surface area (TPSA) is 40.6 Å². The number of hydrogen-bond acceptors (Lipinski definition) is 4. The van der Waals surface area contributed by atoms with E-state index in [0.29, 0.717) is 12.0 Å². The van der Waals surface area contributed by atoms with Gasteiger partial charge in [0.15, 0.2) is 0 Å². The maximum atomic E-state index is 6.10. The molecule has 0 atom stereocenters. The molecule has 1 saturated carbocycles. The van der Waals surface area contributed by atoms with Crippen LogP contribution in [0.15, 0.2) is 12.3 Å². The summed E-state index contributed by atoms with van der Waals surface area (Å²) in [5, 5.41) is 0. The van der Waals surface area contributed by atoms with Gasteiger partial charge in [0.25, 0.3) is 0 Å². The van der Waals surface area contributed by atoms with E-state index in [1.807, 2.05) is 12.3 Å². The van der Waals surface area contributed by atoms with Gasteiger partial charge >= 0.3 is 7.12 Å². The van der Waals surface area contributed by atoms with E-state index in [1.54, 1.807) is 0 Å². The fraction of sp³-hybridized carbons (Fsp3) is 0.706. The SMILES string of the molecule is Cc1cc(OC2CCCC2)ncc1B1OC(C)(C)C(C)(C)O1. The quantitative estimate of drug-likeness (QED) is 0.805. The Bertz CT molecular complexity index is 537. The third kappa shape index (κ3) is 2.89. The molecule has 1 aliphatic heterocycles. The monoisotopic (exact) mass is 303 g/mol. The lowest BCUT2D eigenvalue weighted by Gasteiger charge is -2.32. The number of rotatable bonds is 3. The molecule has 0 radical (unpaired) electrons. The summed E-state index contributed by atoms with van der Waals surface area (Å²) in [6.45, 7) is 10.3. The number of aryl methyl sites for hydroxylation is 1. The van der Waals surface area contributed by atoms with E-state index in [-0.39, 0.29) is 18.3 Å². The van der Waals surface area contributed by atoms with E-state index in [0.717, 1.165) is 23.9 Å². The maximum Gasteiger partial charge on any atom is 0.496 e. The molecule has 0 amide bonds. The average molecular weight is 303 g/mol. The Kier molecular flexibility index (Phi) is 3.98. The van der Waals surface area contributed by atoms with Crippen LogP contribution in [-0.2, 0) is 9.31 Å². The van der Waals surface area contributed by atoms with Crippen molar-refractivity contribution in [3.05, 3.63) is 17.8 Å². The Morgan fingerprint density at radius 2 is 1.73 bits per heavy atom. The van der Waals surface area contributed by atoms with Crippen molar-refractivity contribution in [3.8, 4) is 5.88 Å². The number of nitrogens with zero attached hydrogens (tertiary/aromatic N) is 1. The molecule has 2 heterocycles. The van der Waals surface area contributed by atoms with Crippen LogP contribution in [0.3, 0.4) is 0 Å². The van der Waals surface area contributed by atoms with Crippen molar-refractivity contribution < 1.29 is 14.0 Å². The Morgan fingerprint density at radius 1 is 1.14 bits per heavy atom. The molecule has 1 aromatic heterocycles. The molecule has 0 spiro atoms. The summed E-state index contributed by atoms with van der Waals surface area (Å²) in [6, 6.07) is 2.00. The molecule has 0 N–H and O–H groups in total. The van der Waals surface area contributed by atoms with Gasteiger partial charge in [-0.1, -0.05) is 0 Å². The molecule has 2 aliphatic rings. The summed E-state index contributed by atoms with van der Waals surface area (Å²) in [5.74, 6) is 0.713. The Morgan fingerprint density at radius 3 is 2.27 bits per heavy atom. The molecular weight excluding hydrogens is 277 g/mol. The van der Waals surface area contributed by atoms with Gasteiger partial charge in [-0.15, -0.1) is 0 Å². The van der Waals surface area contributed by atoms with Gasteiger partial charge in [-0.3, -0.25) is 0 Å². The lowest BCUT2D eigenvalue weighted by atomic mass is 9.77. The highest BCUT2D eigenvalue weighted by molar-refractivity contribution is 6.62. The third-order valence-corrected chi connectivity index (χ3v) is 5.22. The minimum atomic E-state index is -0.363. The summed E-state index contributed by atoms with van der Waals surface area (Å²) in [5.41, 5.74) is 1.42. The van der Waals surface area contributed by atoms with Crippen molar-refractivity contribution in [3.63, 3.8) is 0 Å². The Labute approximate surface area is 133 Å². The van der Waals surface area contributed by atoms with Crippen molar-refractivity contribution in [2.75, 3.05) is 0 Å². The standard InChI is InChI=1S/C17H26BNO3/c1-12-10-15(20-13-8-6-7-9-13)19-11-14(12)18-21-16(2,3)17(4,5)22-18/h10-11,13H,6-9H2,1-5H3. The largest absolute Gasteiger partial charge is 0.496 e. The first-order chi connectivity index (χ1) is 10.3. The lowest BCUT2D eigenvalue weighted by Crippen LogP contribution is -2.41. The summed E-state index contributed by atoms with van der Waals surface area (Å²) < 4.78 is 18.2. The fourth-order valence-electron chi connectivity index (χ4n) is 3.00. The molecule has 1 saturated heterocycles. The fourth-order valence-corrected chi connectivity index (χ4v) is 3.00. The second-order valence-corrected chi connectivity index (χ2v) is 7.49. The number of ether oxygens (including phenoxy) is 1. The van der Waals surface area contributed by atoms with Crippen molar-refractivity contribution in [1.82, 2.24) is 4.98 Å². The smallest absolute Gasteiger partial charge is 0.474 e. The number of hydrogen-bond donors (Lipinski definition) is 0. The molecule has 0 bridgehead atoms. The van der Waals surface area contributed by atoms with Gasteiger partial charge in [0.05, 0.1) is 11.2 Å². The number of aromatic nitrogens is 1. The predicted molar refractivity (Wildman–Crippen MR) is 87.6 cm³/mol. The van der Waals surface area contributed by atoms with Gasteiger partial charge in [0, 0.05) is 17.7 Å². The highest BCUT2D eigenvalue weighted by Gasteiger charge is 2.52. The van der Waals surface area contributed by atoms with Crippen LogP contribution in [0.2, 0.25) is 0 Å². The average Bonchev–Trinajstić information content (AvgIpc) is 2.96. The first-order valence-electron chi connectivity index (χ1n) is 8.27. The molecular formula is C17H26BNO3. The second kappa shape index (κ2) is 5.53. The molecule has 120 valence electrons. The molecule has 0 aromatic carbocycles. The summed E-state index contributed by atoms with van der Waals surface area (Å²) in [6.07, 6.45) is 6.96. The molecule has 0 unspecified atom stereocenters. The van der Waals surface area contributed by atoms with Crippen LogP contribution in [0.1, 0.15) is 58.9 Å². The predicted octanol–water partition coefficient (Wildman–Crippen LogP) is 3.01. The molecule has 3 rings (SSSR count). The zero-order valence-corrected chi connectivity index (χ0v) is 14.3. The normalized spacial score (nSPS) is 24.0. The van der Waals surface area contributed by atoms with Crippen LogP contribution < -0.4 is 10.2 Å². The molecule has 2 fully saturated rings. The van der Waals surface area contributed by atoms with E-state index < -0.39 is 0 Å². The van der Waals surface area contributed by atoms with Crippen LogP contribution >= 0.6 is 0 Å². The zero-order chi connectivity index (χ0) is 16.0. The van der Waals surface area contributed by atoms with Gasteiger partial charge in [-0.05, 0) is 65.9 Å². The van der Waals surface area contributed by atoms with Gasteiger partial charge < -0.3 is 14.0 Å². The third-order valence-electron chi connectivity index (χ3n) is 5.22. The molecule has 5 heteroatoms. The van der Waals surface area contributed by atoms with E-state index in [1.165, 1.54) is 12.8 Å². The Balaban J connectivity index is 1.75. The molecule has 1 aliphatic carbocycles. The summed E-state index contributed by atoms with van der Waals surface area (Å²) in [7, 11) is -0.363. The van der Waals surface area contributed by atoms with Crippen LogP contribution in [-0.4, -0.2) is 29.4 Å². The van der Waals surface area contributed by atoms with Crippen molar-refractivity contribution >= 4 is 12.6 Å². The van der Waals surface area contributed by atoms with E-state index in [2.05, 4.69) is 39.6 Å². The van der Waals surface area contributed by atoms with Crippen LogP contribution in [0.25, 0.3) is 0 Å². The number of pyridine rings is 1. The minimum absolute atomic E-state index is 0.328. The van der Waals surface area contributed by atoms with E-state index in [4.69, 9.17) is 14.0 Å². The van der Waals surface area contributed by atoms with Gasteiger partial charge in [0.1, 0.15) is 6.10 Å². The first kappa shape index (κ1) is 15.8. The van der Waals surface area contributed by atoms with Crippen molar-refractivity contribution in [1.29, 1.82) is 0 Å². The summed E-state index contributed by atoms with van der Waals surface area (Å²) in [4.78, 5) is 4.46. The van der Waals surface area contributed by atoms with E-state index in [9.17, 15) is 0 Å². The van der Waals surface area contributed by atoms with Crippen molar-refractivity contribution in [2.45, 2.75) is 77.6 Å². The Hall–Kier alpha value is -1.07. The second-order valence-electron chi connectivity index (χ2n) is 7.49. The molecule has 4 nitrogen and oxygen atoms in total. The zero-order valence-electron chi connectivity index (χ0n) is 14.3. The molecule has 22 heavy (non-hydrogen) atoms. The summed E-state index contributed by atoms with van der Waals surface area (Å²) >= 11 is 0. The van der Waals surface area contributed by atoms with Crippen molar-refractivity contribution in [2.24, 2.45) is 0 Å². The van der Waals surface area contributed by atoms with Gasteiger partial charge in [-0.25, -0.2) is 4.98 Å². The van der Waals surface area contributed by atoms with Gasteiger partial charge in [-0.2, -0.15) is 0 Å². The van der Waals surface area contributed by atoms with Crippen LogP contribution in [0.4, 0.5) is 0 Å². The molecule has 1 aromatic rings. The van der Waals surface area contributed by atoms with Gasteiger partial charge in [0.2, 0.25) is 5.88 Å². The first-order valence-corrected chi connectivity index (χ1v) is 8.27.